The van der Waals surface area contributed by atoms with Crippen LogP contribution in [0.5, 0.6) is 17.2 Å². The van der Waals surface area contributed by atoms with Gasteiger partial charge in [-0.1, -0.05) is 92.6 Å². The van der Waals surface area contributed by atoms with Crippen LogP contribution in [0.2, 0.25) is 0 Å². The molecular weight excluding hydrogens is 672 g/mol. The van der Waals surface area contributed by atoms with Gasteiger partial charge in [0.25, 0.3) is 0 Å². The predicted octanol–water partition coefficient (Wildman–Crippen LogP) is 7.83. The Morgan fingerprint density at radius 3 is 1.62 bits per heavy atom. The average molecular weight is 723 g/mol. The summed E-state index contributed by atoms with van der Waals surface area (Å²) < 4.78 is 22.5. The first-order chi connectivity index (χ1) is 25.7. The molecule has 0 saturated heterocycles. The lowest BCUT2D eigenvalue weighted by Gasteiger charge is -2.37. The second-order valence-electron chi connectivity index (χ2n) is 12.7. The maximum absolute atomic E-state index is 13.6. The fraction of sp³-hybridized carbons (Fsp3) is 0.326. The molecule has 0 aliphatic heterocycles. The number of carbonyl (C=O) groups is 3. The van der Waals surface area contributed by atoms with Crippen molar-refractivity contribution in [1.29, 1.82) is 0 Å². The Morgan fingerprint density at radius 2 is 1.11 bits per heavy atom. The van der Waals surface area contributed by atoms with Crippen LogP contribution in [-0.4, -0.2) is 42.8 Å². The van der Waals surface area contributed by atoms with E-state index in [0.29, 0.717) is 42.3 Å². The van der Waals surface area contributed by atoms with E-state index in [2.05, 4.69) is 6.92 Å². The Hall–Kier alpha value is -5.45. The van der Waals surface area contributed by atoms with Gasteiger partial charge < -0.3 is 35.5 Å². The lowest BCUT2D eigenvalue weighted by Crippen LogP contribution is -2.55. The fourth-order valence-corrected chi connectivity index (χ4v) is 5.81. The number of nitrogens with two attached hydrogens (primary N) is 2. The summed E-state index contributed by atoms with van der Waals surface area (Å²) in [6, 6.07) is 29.0. The Labute approximate surface area is 311 Å². The number of esters is 2. The van der Waals surface area contributed by atoms with Crippen LogP contribution in [0.15, 0.2) is 115 Å². The van der Waals surface area contributed by atoms with Gasteiger partial charge in [0.05, 0.1) is 31.9 Å². The molecule has 280 valence electrons. The first kappa shape index (κ1) is 40.3. The summed E-state index contributed by atoms with van der Waals surface area (Å²) in [6.45, 7) is 3.33. The highest BCUT2D eigenvalue weighted by Gasteiger charge is 2.58. The van der Waals surface area contributed by atoms with Crippen LogP contribution in [0.1, 0.15) is 80.6 Å². The van der Waals surface area contributed by atoms with E-state index in [0.717, 1.165) is 49.8 Å². The number of ether oxygens (including phenoxy) is 4. The third kappa shape index (κ3) is 11.8. The van der Waals surface area contributed by atoms with E-state index >= 15 is 0 Å². The first-order valence-electron chi connectivity index (χ1n) is 18.1. The van der Waals surface area contributed by atoms with Gasteiger partial charge in [-0.25, -0.2) is 4.79 Å². The number of aliphatic carboxylic acids is 1. The molecule has 0 bridgehead atoms. The molecular formula is C43H50N2O8. The quantitative estimate of drug-likeness (QED) is 0.0240. The molecule has 53 heavy (non-hydrogen) atoms. The highest BCUT2D eigenvalue weighted by Crippen LogP contribution is 2.43. The van der Waals surface area contributed by atoms with E-state index in [4.69, 9.17) is 30.4 Å². The van der Waals surface area contributed by atoms with Crippen molar-refractivity contribution in [3.05, 3.63) is 132 Å². The van der Waals surface area contributed by atoms with Crippen LogP contribution in [0.4, 0.5) is 0 Å². The molecule has 0 radical (unpaired) electrons. The van der Waals surface area contributed by atoms with Crippen molar-refractivity contribution in [2.75, 3.05) is 19.8 Å². The third-order valence-electron chi connectivity index (χ3n) is 8.88. The van der Waals surface area contributed by atoms with Crippen LogP contribution < -0.4 is 25.7 Å². The van der Waals surface area contributed by atoms with Crippen molar-refractivity contribution < 1.29 is 38.4 Å². The molecule has 0 saturated carbocycles. The summed E-state index contributed by atoms with van der Waals surface area (Å²) in [4.78, 5) is 38.8. The number of carboxylic acids is 1. The molecule has 4 aromatic carbocycles. The highest BCUT2D eigenvalue weighted by molar-refractivity contribution is 6.01. The van der Waals surface area contributed by atoms with Gasteiger partial charge in [0.1, 0.15) is 17.2 Å². The number of benzene rings is 4. The van der Waals surface area contributed by atoms with Crippen molar-refractivity contribution in [3.63, 3.8) is 0 Å². The SMILES string of the molecule is CCCCCOc1ccc(OC(=O)/C=C/c2ccc(OCCCCCCOC(=O)C(C(=O)O)(C(N)c3ccccc3)C(N)c3ccccc3)cc2)cc1. The Morgan fingerprint density at radius 1 is 0.642 bits per heavy atom. The molecule has 0 aliphatic carbocycles. The van der Waals surface area contributed by atoms with E-state index in [1.165, 1.54) is 6.08 Å². The smallest absolute Gasteiger partial charge is 0.336 e. The second kappa shape index (κ2) is 21.2. The second-order valence-corrected chi connectivity index (χ2v) is 12.7. The van der Waals surface area contributed by atoms with Gasteiger partial charge in [-0.3, -0.25) is 9.59 Å². The minimum Gasteiger partial charge on any atom is -0.494 e. The van der Waals surface area contributed by atoms with E-state index in [1.807, 2.05) is 24.3 Å². The van der Waals surface area contributed by atoms with Crippen molar-refractivity contribution in [2.45, 2.75) is 64.0 Å². The van der Waals surface area contributed by atoms with Crippen molar-refractivity contribution >= 4 is 24.0 Å². The number of hydrogen-bond acceptors (Lipinski definition) is 9. The molecule has 4 aromatic rings. The Balaban J connectivity index is 1.17. The summed E-state index contributed by atoms with van der Waals surface area (Å²) in [6.07, 6.45) is 9.17. The number of unbranched alkanes of at least 4 members (excludes halogenated alkanes) is 5. The van der Waals surface area contributed by atoms with Crippen LogP contribution in [0.3, 0.4) is 0 Å². The molecule has 0 aliphatic rings. The molecule has 5 N–H and O–H groups in total. The highest BCUT2D eigenvalue weighted by atomic mass is 16.5. The van der Waals surface area contributed by atoms with Crippen LogP contribution in [-0.2, 0) is 19.1 Å². The van der Waals surface area contributed by atoms with Gasteiger partial charge in [0.2, 0.25) is 5.41 Å². The van der Waals surface area contributed by atoms with E-state index in [1.54, 1.807) is 91.0 Å². The molecule has 2 atom stereocenters. The summed E-state index contributed by atoms with van der Waals surface area (Å²) in [5.41, 5.74) is 12.6. The topological polar surface area (TPSA) is 160 Å². The minimum atomic E-state index is -2.25. The maximum atomic E-state index is 13.6. The zero-order chi connectivity index (χ0) is 37.9. The molecule has 4 rings (SSSR count). The third-order valence-corrected chi connectivity index (χ3v) is 8.88. The average Bonchev–Trinajstić information content (AvgIpc) is 3.18. The van der Waals surface area contributed by atoms with Gasteiger partial charge >= 0.3 is 17.9 Å². The van der Waals surface area contributed by atoms with E-state index in [-0.39, 0.29) is 6.61 Å². The molecule has 2 unspecified atom stereocenters. The molecule has 10 nitrogen and oxygen atoms in total. The summed E-state index contributed by atoms with van der Waals surface area (Å²) in [7, 11) is 0. The number of carbonyl (C=O) groups excluding carboxylic acids is 2. The zero-order valence-corrected chi connectivity index (χ0v) is 30.2. The number of carboxylic acid groups (broad SMARTS) is 1. The lowest BCUT2D eigenvalue weighted by molar-refractivity contribution is -0.173. The van der Waals surface area contributed by atoms with Gasteiger partial charge in [-0.2, -0.15) is 0 Å². The first-order valence-corrected chi connectivity index (χ1v) is 18.1. The van der Waals surface area contributed by atoms with Crippen LogP contribution >= 0.6 is 0 Å². The summed E-state index contributed by atoms with van der Waals surface area (Å²) >= 11 is 0. The summed E-state index contributed by atoms with van der Waals surface area (Å²) in [5.74, 6) is -1.01. The van der Waals surface area contributed by atoms with Gasteiger partial charge in [-0.15, -0.1) is 0 Å². The standard InChI is InChI=1S/C43H50N2O8/c1-2-3-12-29-50-36-24-26-37(27-25-36)53-38(46)28-21-32-19-22-35(23-20-32)51-30-13-4-5-14-31-52-42(49)43(41(47)48,39(44)33-15-8-6-9-16-33)40(45)34-17-10-7-11-18-34/h6-11,15-28,39-40H,2-5,12-14,29-31,44-45H2,1H3,(H,47,48)/b28-21+. The molecule has 10 heteroatoms. The van der Waals surface area contributed by atoms with E-state index < -0.39 is 35.4 Å². The van der Waals surface area contributed by atoms with Gasteiger partial charge in [0, 0.05) is 6.08 Å². The maximum Gasteiger partial charge on any atom is 0.336 e. The summed E-state index contributed by atoms with van der Waals surface area (Å²) in [5, 5.41) is 10.5. The predicted molar refractivity (Wildman–Crippen MR) is 204 cm³/mol. The van der Waals surface area contributed by atoms with Crippen molar-refractivity contribution in [2.24, 2.45) is 16.9 Å². The Kier molecular flexibility index (Phi) is 16.1. The fourth-order valence-electron chi connectivity index (χ4n) is 5.81. The van der Waals surface area contributed by atoms with Gasteiger partial charge in [0.15, 0.2) is 0 Å². The largest absolute Gasteiger partial charge is 0.494 e. The van der Waals surface area contributed by atoms with Crippen molar-refractivity contribution in [3.8, 4) is 17.2 Å². The van der Waals surface area contributed by atoms with Crippen LogP contribution in [0, 0.1) is 5.41 Å². The number of hydrogen-bond donors (Lipinski definition) is 3. The molecule has 0 fully saturated rings. The minimum absolute atomic E-state index is 0.0285. The zero-order valence-electron chi connectivity index (χ0n) is 30.2. The lowest BCUT2D eigenvalue weighted by atomic mass is 9.69. The number of rotatable bonds is 22. The van der Waals surface area contributed by atoms with Crippen LogP contribution in [0.25, 0.3) is 6.08 Å². The van der Waals surface area contributed by atoms with Crippen molar-refractivity contribution in [1.82, 2.24) is 0 Å². The monoisotopic (exact) mass is 722 g/mol. The molecule has 0 heterocycles. The molecule has 0 amide bonds. The molecule has 0 aromatic heterocycles. The molecule has 0 spiro atoms. The van der Waals surface area contributed by atoms with E-state index in [9.17, 15) is 19.5 Å². The van der Waals surface area contributed by atoms with Gasteiger partial charge in [-0.05, 0) is 91.3 Å². The normalized spacial score (nSPS) is 13.4. The Bertz CT molecular complexity index is 1680.